The van der Waals surface area contributed by atoms with Gasteiger partial charge in [0.1, 0.15) is 12.7 Å². The molecular weight excluding hydrogens is 559 g/mol. The predicted molar refractivity (Wildman–Crippen MR) is 147 cm³/mol. The molecule has 0 saturated heterocycles. The molecule has 1 aromatic carbocycles. The average molecular weight is 597 g/mol. The summed E-state index contributed by atoms with van der Waals surface area (Å²) in [6.45, 7) is 17.4. The van der Waals surface area contributed by atoms with E-state index < -0.39 is 6.10 Å². The minimum Gasteiger partial charge on any atom is -0.480 e. The maximum absolute atomic E-state index is 12.4. The number of hydrogen-bond acceptors (Lipinski definition) is 5. The van der Waals surface area contributed by atoms with E-state index in [0.29, 0.717) is 13.2 Å². The number of aromatic nitrogens is 2. The van der Waals surface area contributed by atoms with Gasteiger partial charge >= 0.3 is 0 Å². The maximum Gasteiger partial charge on any atom is 0.289 e. The normalized spacial score (nSPS) is 11.6. The van der Waals surface area contributed by atoms with Crippen LogP contribution in [0.1, 0.15) is 85.5 Å². The highest BCUT2D eigenvalue weighted by Crippen LogP contribution is 2.30. The fraction of sp³-hybridized carbons (Fsp3) is 0.583. The third-order valence-electron chi connectivity index (χ3n) is 4.36. The molecule has 0 amide bonds. The Labute approximate surface area is 215 Å². The number of aryl methyl sites for hydroxylation is 1. The molecule has 5 nitrogen and oxygen atoms in total. The first kappa shape index (κ1) is 31.2. The van der Waals surface area contributed by atoms with E-state index in [4.69, 9.17) is 20.5 Å². The Kier molecular flexibility index (Phi) is 16.4. The van der Waals surface area contributed by atoms with Gasteiger partial charge in [0, 0.05) is 27.8 Å². The molecular formula is C24H38ClIN2O3S. The van der Waals surface area contributed by atoms with E-state index in [1.54, 1.807) is 0 Å². The van der Waals surface area contributed by atoms with Gasteiger partial charge in [0.2, 0.25) is 0 Å². The van der Waals surface area contributed by atoms with E-state index in [1.807, 2.05) is 39.8 Å². The van der Waals surface area contributed by atoms with Crippen molar-refractivity contribution < 1.29 is 8.92 Å². The van der Waals surface area contributed by atoms with E-state index >= 15 is 0 Å². The number of ether oxygens (including phenoxy) is 1. The summed E-state index contributed by atoms with van der Waals surface area (Å²) in [5.41, 5.74) is 1.92. The number of rotatable bonds is 9. The molecule has 182 valence electrons. The number of unbranched alkanes of at least 4 members (excludes halogenated alkanes) is 1. The molecule has 0 aliphatic carbocycles. The van der Waals surface area contributed by atoms with Crippen LogP contribution in [0.3, 0.4) is 0 Å². The van der Waals surface area contributed by atoms with Crippen LogP contribution in [0.4, 0.5) is 0 Å². The zero-order chi connectivity index (χ0) is 24.7. The molecule has 0 bridgehead atoms. The summed E-state index contributed by atoms with van der Waals surface area (Å²) in [5.74, 6) is 0.270. The molecule has 8 heteroatoms. The van der Waals surface area contributed by atoms with Crippen molar-refractivity contribution in [1.29, 1.82) is 0 Å². The van der Waals surface area contributed by atoms with Gasteiger partial charge in [-0.15, -0.1) is 0 Å². The number of halogens is 2. The lowest BCUT2D eigenvalue weighted by Crippen LogP contribution is -2.24. The molecule has 2 aromatic rings. The van der Waals surface area contributed by atoms with Crippen molar-refractivity contribution in [2.75, 3.05) is 6.61 Å². The average Bonchev–Trinajstić information content (AvgIpc) is 2.81. The summed E-state index contributed by atoms with van der Waals surface area (Å²) in [7, 11) is 1.24. The van der Waals surface area contributed by atoms with E-state index in [-0.39, 0.29) is 21.7 Å². The van der Waals surface area contributed by atoms with E-state index in [9.17, 15) is 4.79 Å². The minimum absolute atomic E-state index is 0.0459. The topological polar surface area (TPSA) is 53.4 Å². The van der Waals surface area contributed by atoms with E-state index in [2.05, 4.69) is 66.1 Å². The zero-order valence-electron chi connectivity index (χ0n) is 20.6. The smallest absolute Gasteiger partial charge is 0.289 e. The summed E-state index contributed by atoms with van der Waals surface area (Å²) < 4.78 is 12.9. The van der Waals surface area contributed by atoms with E-state index in [1.165, 1.54) is 25.7 Å². The lowest BCUT2D eigenvalue weighted by Gasteiger charge is -2.22. The number of hydrogen-bond donors (Lipinski definition) is 0. The molecule has 0 aliphatic heterocycles. The van der Waals surface area contributed by atoms with Crippen molar-refractivity contribution in [1.82, 2.24) is 9.78 Å². The van der Waals surface area contributed by atoms with Crippen molar-refractivity contribution in [3.63, 3.8) is 0 Å². The molecule has 1 atom stereocenters. The first-order valence-electron chi connectivity index (χ1n) is 11.2. The standard InChI is InChI=1S/C20H26ClIN2O3S.2C2H6/c1-5-6-11-24-19(25)18(21)16(12-23-24)27-17(13-26-28-22)14-7-9-15(10-8-14)20(2,3)4;2*1-2/h7-10,12,17H,5-6,11,13H2,1-4H3;2*1-2H3. The highest BCUT2D eigenvalue weighted by Gasteiger charge is 2.20. The van der Waals surface area contributed by atoms with E-state index in [0.717, 1.165) is 18.4 Å². The van der Waals surface area contributed by atoms with Crippen LogP contribution in [0.5, 0.6) is 5.75 Å². The Morgan fingerprint density at radius 1 is 1.16 bits per heavy atom. The Hall–Kier alpha value is -0.770. The Morgan fingerprint density at radius 2 is 1.75 bits per heavy atom. The van der Waals surface area contributed by atoms with Gasteiger partial charge in [-0.05, 0) is 23.0 Å². The molecule has 1 unspecified atom stereocenters. The van der Waals surface area contributed by atoms with Crippen LogP contribution in [0.2, 0.25) is 5.02 Å². The molecule has 2 rings (SSSR count). The molecule has 0 saturated carbocycles. The molecule has 0 radical (unpaired) electrons. The summed E-state index contributed by atoms with van der Waals surface area (Å²) in [6, 6.07) is 8.23. The number of benzene rings is 1. The third-order valence-corrected chi connectivity index (χ3v) is 5.69. The second kappa shape index (κ2) is 16.8. The van der Waals surface area contributed by atoms with Crippen LogP contribution in [-0.4, -0.2) is 16.4 Å². The van der Waals surface area contributed by atoms with Crippen LogP contribution >= 0.6 is 42.0 Å². The fourth-order valence-corrected chi connectivity index (χ4v) is 3.44. The molecule has 0 aliphatic rings. The van der Waals surface area contributed by atoms with Gasteiger partial charge in [-0.1, -0.05) is 97.7 Å². The molecule has 1 aromatic heterocycles. The van der Waals surface area contributed by atoms with Gasteiger partial charge in [0.15, 0.2) is 10.8 Å². The largest absolute Gasteiger partial charge is 0.480 e. The highest BCUT2D eigenvalue weighted by atomic mass is 127. The first-order valence-corrected chi connectivity index (χ1v) is 14.9. The Morgan fingerprint density at radius 3 is 2.25 bits per heavy atom. The highest BCUT2D eigenvalue weighted by molar-refractivity contribution is 14.2. The van der Waals surface area contributed by atoms with Gasteiger partial charge in [-0.3, -0.25) is 4.79 Å². The molecule has 0 N–H and O–H groups in total. The van der Waals surface area contributed by atoms with Gasteiger partial charge in [0.05, 0.1) is 15.4 Å². The van der Waals surface area contributed by atoms with Crippen LogP contribution in [-0.2, 0) is 16.1 Å². The fourth-order valence-electron chi connectivity index (χ4n) is 2.64. The zero-order valence-corrected chi connectivity index (χ0v) is 24.3. The summed E-state index contributed by atoms with van der Waals surface area (Å²) in [6.07, 6.45) is 2.95. The van der Waals surface area contributed by atoms with Gasteiger partial charge < -0.3 is 8.92 Å². The Bertz CT molecular complexity index is 823. The van der Waals surface area contributed by atoms with Crippen LogP contribution in [0.25, 0.3) is 0 Å². The van der Waals surface area contributed by atoms with Crippen LogP contribution in [0.15, 0.2) is 35.3 Å². The lowest BCUT2D eigenvalue weighted by molar-refractivity contribution is 0.143. The number of nitrogens with zero attached hydrogens (tertiary/aromatic N) is 2. The van der Waals surface area contributed by atoms with Crippen molar-refractivity contribution in [2.24, 2.45) is 0 Å². The van der Waals surface area contributed by atoms with Gasteiger partial charge in [0.25, 0.3) is 5.56 Å². The van der Waals surface area contributed by atoms with Crippen LogP contribution < -0.4 is 10.3 Å². The molecule has 32 heavy (non-hydrogen) atoms. The maximum atomic E-state index is 12.4. The van der Waals surface area contributed by atoms with Crippen molar-refractivity contribution in [2.45, 2.75) is 86.3 Å². The monoisotopic (exact) mass is 596 g/mol. The third kappa shape index (κ3) is 10.0. The quantitative estimate of drug-likeness (QED) is 0.216. The summed E-state index contributed by atoms with van der Waals surface area (Å²) >= 11 is 8.35. The first-order chi connectivity index (χ1) is 15.3. The minimum atomic E-state index is -0.401. The summed E-state index contributed by atoms with van der Waals surface area (Å²) in [4.78, 5) is 12.4. The lowest BCUT2D eigenvalue weighted by atomic mass is 9.86. The predicted octanol–water partition coefficient (Wildman–Crippen LogP) is 8.18. The van der Waals surface area contributed by atoms with Gasteiger partial charge in [-0.25, -0.2) is 4.68 Å². The molecule has 0 fully saturated rings. The Balaban J connectivity index is 0.00000227. The molecule has 0 spiro atoms. The summed E-state index contributed by atoms with van der Waals surface area (Å²) in [5, 5.41) is 4.24. The van der Waals surface area contributed by atoms with Crippen LogP contribution in [0, 0.1) is 0 Å². The van der Waals surface area contributed by atoms with Crippen molar-refractivity contribution >= 4 is 42.0 Å². The van der Waals surface area contributed by atoms with Gasteiger partial charge in [-0.2, -0.15) is 5.10 Å². The second-order valence-electron chi connectivity index (χ2n) is 7.53. The SMILES string of the molecule is CC.CC.CCCCn1ncc(OC(COSI)c2ccc(C(C)(C)C)cc2)c(Cl)c1=O. The van der Waals surface area contributed by atoms with Crippen molar-refractivity contribution in [3.8, 4) is 5.75 Å². The molecule has 1 heterocycles. The van der Waals surface area contributed by atoms with Crippen molar-refractivity contribution in [3.05, 3.63) is 57.0 Å². The second-order valence-corrected chi connectivity index (χ2v) is 9.35.